The van der Waals surface area contributed by atoms with E-state index in [1.165, 1.54) is 0 Å². The summed E-state index contributed by atoms with van der Waals surface area (Å²) >= 11 is 0. The summed E-state index contributed by atoms with van der Waals surface area (Å²) in [5.41, 5.74) is 0.479. The van der Waals surface area contributed by atoms with Gasteiger partial charge in [-0.25, -0.2) is 4.79 Å². The van der Waals surface area contributed by atoms with Crippen molar-refractivity contribution in [2.75, 3.05) is 0 Å². The normalized spacial score (nSPS) is 39.8. The van der Waals surface area contributed by atoms with E-state index < -0.39 is 11.4 Å². The smallest absolute Gasteiger partial charge is 0.332 e. The Balaban J connectivity index is 1.75. The molecule has 2 fully saturated rings. The van der Waals surface area contributed by atoms with Crippen molar-refractivity contribution in [1.82, 2.24) is 0 Å². The van der Waals surface area contributed by atoms with E-state index >= 15 is 0 Å². The highest BCUT2D eigenvalue weighted by Gasteiger charge is 2.60. The molecule has 1 saturated heterocycles. The summed E-state index contributed by atoms with van der Waals surface area (Å²) in [6, 6.07) is 1.82. The van der Waals surface area contributed by atoms with Crippen molar-refractivity contribution in [2.24, 2.45) is 22.7 Å². The zero-order valence-electron chi connectivity index (χ0n) is 14.4. The van der Waals surface area contributed by atoms with Gasteiger partial charge in [0, 0.05) is 16.6 Å². The zero-order chi connectivity index (χ0) is 17.8. The van der Waals surface area contributed by atoms with Crippen LogP contribution in [0.15, 0.2) is 46.8 Å². The molecule has 0 spiro atoms. The molecule has 2 heterocycles. The van der Waals surface area contributed by atoms with Gasteiger partial charge >= 0.3 is 11.9 Å². The van der Waals surface area contributed by atoms with E-state index in [-0.39, 0.29) is 29.3 Å². The Morgan fingerprint density at radius 3 is 2.84 bits per heavy atom. The van der Waals surface area contributed by atoms with Crippen LogP contribution in [0.1, 0.15) is 44.8 Å². The Morgan fingerprint density at radius 1 is 1.36 bits per heavy atom. The Hall–Kier alpha value is -2.30. The van der Waals surface area contributed by atoms with E-state index in [4.69, 9.17) is 9.15 Å². The molecule has 0 aromatic carbocycles. The lowest BCUT2D eigenvalue weighted by Crippen LogP contribution is -2.55. The van der Waals surface area contributed by atoms with Crippen LogP contribution in [0, 0.1) is 22.7 Å². The van der Waals surface area contributed by atoms with E-state index in [0.717, 1.165) is 5.56 Å². The van der Waals surface area contributed by atoms with Crippen LogP contribution < -0.4 is 0 Å². The van der Waals surface area contributed by atoms with E-state index in [1.807, 2.05) is 19.1 Å². The summed E-state index contributed by atoms with van der Waals surface area (Å²) in [6.45, 7) is 4.14. The molecule has 0 unspecified atom stereocenters. The molecule has 4 rings (SSSR count). The third-order valence-corrected chi connectivity index (χ3v) is 6.64. The minimum Gasteiger partial charge on any atom is -0.478 e. The minimum absolute atomic E-state index is 0.0166. The van der Waals surface area contributed by atoms with E-state index in [9.17, 15) is 14.7 Å². The molecule has 1 aliphatic heterocycles. The molecule has 2 aliphatic carbocycles. The van der Waals surface area contributed by atoms with Gasteiger partial charge in [0.2, 0.25) is 0 Å². The first-order valence-corrected chi connectivity index (χ1v) is 8.71. The number of fused-ring (bicyclic) bond motifs is 3. The van der Waals surface area contributed by atoms with Gasteiger partial charge in [-0.15, -0.1) is 0 Å². The molecule has 5 heteroatoms. The van der Waals surface area contributed by atoms with Crippen molar-refractivity contribution >= 4 is 11.9 Å². The number of carboxylic acids is 1. The predicted octanol–water partition coefficient (Wildman–Crippen LogP) is 3.89. The average Bonchev–Trinajstić information content (AvgIpc) is 3.07. The molecule has 25 heavy (non-hydrogen) atoms. The molecular formula is C20H22O5. The zero-order valence-corrected chi connectivity index (χ0v) is 14.4. The number of allylic oxidation sites excluding steroid dienone is 3. The van der Waals surface area contributed by atoms with Crippen LogP contribution in [0.5, 0.6) is 0 Å². The third kappa shape index (κ3) is 2.21. The van der Waals surface area contributed by atoms with Gasteiger partial charge in [-0.3, -0.25) is 4.79 Å². The first-order valence-electron chi connectivity index (χ1n) is 8.71. The number of ether oxygens (including phenoxy) is 1. The maximum absolute atomic E-state index is 12.7. The molecule has 1 saturated carbocycles. The largest absolute Gasteiger partial charge is 0.478 e. The number of carboxylic acid groups (broad SMARTS) is 1. The van der Waals surface area contributed by atoms with Crippen molar-refractivity contribution in [2.45, 2.75) is 39.2 Å². The number of furan rings is 1. The first-order chi connectivity index (χ1) is 11.9. The highest BCUT2D eigenvalue weighted by Crippen LogP contribution is 2.63. The molecule has 5 nitrogen and oxygen atoms in total. The average molecular weight is 342 g/mol. The van der Waals surface area contributed by atoms with Gasteiger partial charge in [0.1, 0.15) is 6.10 Å². The SMILES string of the molecule is C[C@]12C[C@H](c3ccoc3)OC(=O)[C@@H]1CC[C@@]1(C)C(C(=O)O)=CC=C[C@H]21. The summed E-state index contributed by atoms with van der Waals surface area (Å²) in [7, 11) is 0. The standard InChI is InChI=1S/C20H22O5/c1-19-8-6-14-18(23)25-15(12-7-9-24-11-12)10-20(14,2)16(19)5-3-4-13(19)17(21)22/h3-5,7,9,11,14-16H,6,8,10H2,1-2H3,(H,21,22)/t14-,15+,16-,19-,20-/m0/s1. The van der Waals surface area contributed by atoms with Crippen LogP contribution in [0.2, 0.25) is 0 Å². The van der Waals surface area contributed by atoms with Gasteiger partial charge in [0.15, 0.2) is 0 Å². The Bertz CT molecular complexity index is 774. The van der Waals surface area contributed by atoms with Gasteiger partial charge in [-0.05, 0) is 36.7 Å². The highest BCUT2D eigenvalue weighted by molar-refractivity contribution is 5.89. The maximum Gasteiger partial charge on any atom is 0.332 e. The number of carbonyl (C=O) groups is 2. The van der Waals surface area contributed by atoms with Crippen molar-refractivity contribution < 1.29 is 23.8 Å². The summed E-state index contributed by atoms with van der Waals surface area (Å²) in [4.78, 5) is 24.5. The Morgan fingerprint density at radius 2 is 2.16 bits per heavy atom. The van der Waals surface area contributed by atoms with Crippen molar-refractivity contribution in [3.63, 3.8) is 0 Å². The monoisotopic (exact) mass is 342 g/mol. The van der Waals surface area contributed by atoms with Gasteiger partial charge in [0.05, 0.1) is 18.4 Å². The van der Waals surface area contributed by atoms with Crippen molar-refractivity contribution in [3.05, 3.63) is 48.0 Å². The van der Waals surface area contributed by atoms with Gasteiger partial charge in [-0.1, -0.05) is 32.1 Å². The van der Waals surface area contributed by atoms with Gasteiger partial charge < -0.3 is 14.3 Å². The molecule has 0 amide bonds. The van der Waals surface area contributed by atoms with E-state index in [2.05, 4.69) is 13.0 Å². The second kappa shape index (κ2) is 5.35. The Kier molecular flexibility index (Phi) is 3.46. The quantitative estimate of drug-likeness (QED) is 0.825. The molecule has 1 N–H and O–H groups in total. The van der Waals surface area contributed by atoms with Crippen LogP contribution in [0.25, 0.3) is 0 Å². The van der Waals surface area contributed by atoms with E-state index in [0.29, 0.717) is 24.8 Å². The molecule has 0 bridgehead atoms. The van der Waals surface area contributed by atoms with Crippen molar-refractivity contribution in [3.8, 4) is 0 Å². The molecule has 0 radical (unpaired) electrons. The van der Waals surface area contributed by atoms with Crippen LogP contribution in [0.3, 0.4) is 0 Å². The molecule has 132 valence electrons. The van der Waals surface area contributed by atoms with E-state index in [1.54, 1.807) is 18.6 Å². The van der Waals surface area contributed by atoms with Crippen molar-refractivity contribution in [1.29, 1.82) is 0 Å². The maximum atomic E-state index is 12.7. The first kappa shape index (κ1) is 16.2. The molecule has 1 aromatic heterocycles. The number of cyclic esters (lactones) is 1. The topological polar surface area (TPSA) is 76.7 Å². The van der Waals surface area contributed by atoms with Crippen LogP contribution in [-0.4, -0.2) is 17.0 Å². The van der Waals surface area contributed by atoms with Crippen LogP contribution >= 0.6 is 0 Å². The fourth-order valence-electron chi connectivity index (χ4n) is 5.34. The number of hydrogen-bond acceptors (Lipinski definition) is 4. The lowest BCUT2D eigenvalue weighted by Gasteiger charge is -2.57. The number of hydrogen-bond donors (Lipinski definition) is 1. The fraction of sp³-hybridized carbons (Fsp3) is 0.500. The van der Waals surface area contributed by atoms with Crippen LogP contribution in [0.4, 0.5) is 0 Å². The third-order valence-electron chi connectivity index (χ3n) is 6.64. The van der Waals surface area contributed by atoms with Gasteiger partial charge in [0.25, 0.3) is 0 Å². The summed E-state index contributed by atoms with van der Waals surface area (Å²) in [5, 5.41) is 9.67. The summed E-state index contributed by atoms with van der Waals surface area (Å²) in [6.07, 6.45) is 10.5. The second-order valence-electron chi connectivity index (χ2n) is 7.95. The highest BCUT2D eigenvalue weighted by atomic mass is 16.5. The summed E-state index contributed by atoms with van der Waals surface area (Å²) < 4.78 is 10.9. The lowest BCUT2D eigenvalue weighted by atomic mass is 9.47. The lowest BCUT2D eigenvalue weighted by molar-refractivity contribution is -0.186. The molecule has 1 aromatic rings. The number of rotatable bonds is 2. The molecule has 5 atom stereocenters. The second-order valence-corrected chi connectivity index (χ2v) is 7.95. The van der Waals surface area contributed by atoms with Gasteiger partial charge in [-0.2, -0.15) is 0 Å². The van der Waals surface area contributed by atoms with Crippen LogP contribution in [-0.2, 0) is 14.3 Å². The predicted molar refractivity (Wildman–Crippen MR) is 89.4 cm³/mol. The number of carbonyl (C=O) groups excluding carboxylic acids is 1. The Labute approximate surface area is 146 Å². The number of esters is 1. The molecular weight excluding hydrogens is 320 g/mol. The summed E-state index contributed by atoms with van der Waals surface area (Å²) in [5.74, 6) is -1.27. The molecule has 3 aliphatic rings. The number of aliphatic carboxylic acids is 1. The minimum atomic E-state index is -0.872. The fourth-order valence-corrected chi connectivity index (χ4v) is 5.34.